The first-order chi connectivity index (χ1) is 14.4. The predicted molar refractivity (Wildman–Crippen MR) is 109 cm³/mol. The van der Waals surface area contributed by atoms with Crippen LogP contribution in [0, 0.1) is 5.82 Å². The van der Waals surface area contributed by atoms with Crippen LogP contribution in [0.15, 0.2) is 60.8 Å². The number of amides is 1. The highest BCUT2D eigenvalue weighted by Crippen LogP contribution is 2.28. The van der Waals surface area contributed by atoms with Gasteiger partial charge in [0.1, 0.15) is 11.6 Å². The molecule has 1 N–H and O–H groups in total. The largest absolute Gasteiger partial charge is 0.465 e. The van der Waals surface area contributed by atoms with Gasteiger partial charge in [-0.1, -0.05) is 23.7 Å². The Balaban J connectivity index is 1.78. The Hall–Kier alpha value is -3.45. The smallest absolute Gasteiger partial charge is 0.337 e. The van der Waals surface area contributed by atoms with E-state index in [9.17, 15) is 14.0 Å². The summed E-state index contributed by atoms with van der Waals surface area (Å²) in [6, 6.07) is 13.5. The average Bonchev–Trinajstić information content (AvgIpc) is 2.76. The van der Waals surface area contributed by atoms with Gasteiger partial charge in [0.25, 0.3) is 5.91 Å². The number of carbonyl (C=O) groups is 2. The monoisotopic (exact) mass is 428 g/mol. The van der Waals surface area contributed by atoms with Crippen molar-refractivity contribution >= 4 is 23.5 Å². The Labute approximate surface area is 177 Å². The maximum Gasteiger partial charge on any atom is 0.337 e. The van der Waals surface area contributed by atoms with Crippen LogP contribution in [0.3, 0.4) is 0 Å². The SMILES string of the molecule is COC(=O)c1ccc([C@H](C)NC(=O)c2cc(Cl)ccc2Oc2ccc(F)cn2)cc1. The van der Waals surface area contributed by atoms with Crippen molar-refractivity contribution in [1.29, 1.82) is 0 Å². The van der Waals surface area contributed by atoms with Crippen LogP contribution in [0.25, 0.3) is 0 Å². The molecular weight excluding hydrogens is 411 g/mol. The Morgan fingerprint density at radius 2 is 1.83 bits per heavy atom. The molecule has 0 fully saturated rings. The van der Waals surface area contributed by atoms with E-state index in [1.165, 1.54) is 31.4 Å². The molecule has 0 radical (unpaired) electrons. The second kappa shape index (κ2) is 9.37. The van der Waals surface area contributed by atoms with E-state index in [1.807, 2.05) is 0 Å². The number of nitrogens with zero attached hydrogens (tertiary/aromatic N) is 1. The summed E-state index contributed by atoms with van der Waals surface area (Å²) in [5, 5.41) is 3.22. The van der Waals surface area contributed by atoms with Crippen molar-refractivity contribution in [3.8, 4) is 11.6 Å². The van der Waals surface area contributed by atoms with E-state index in [0.717, 1.165) is 11.8 Å². The molecule has 2 aromatic carbocycles. The molecule has 0 spiro atoms. The van der Waals surface area contributed by atoms with Crippen molar-refractivity contribution in [2.75, 3.05) is 7.11 Å². The summed E-state index contributed by atoms with van der Waals surface area (Å²) in [7, 11) is 1.31. The molecule has 0 bridgehead atoms. The highest BCUT2D eigenvalue weighted by molar-refractivity contribution is 6.31. The van der Waals surface area contributed by atoms with Crippen molar-refractivity contribution in [2.24, 2.45) is 0 Å². The third-order valence-corrected chi connectivity index (χ3v) is 4.52. The minimum Gasteiger partial charge on any atom is -0.465 e. The molecule has 0 saturated heterocycles. The summed E-state index contributed by atoms with van der Waals surface area (Å²) >= 11 is 6.05. The van der Waals surface area contributed by atoms with Crippen molar-refractivity contribution < 1.29 is 23.5 Å². The van der Waals surface area contributed by atoms with E-state index in [0.29, 0.717) is 10.6 Å². The number of methoxy groups -OCH3 is 1. The Morgan fingerprint density at radius 1 is 1.10 bits per heavy atom. The molecule has 3 aromatic rings. The second-order valence-corrected chi connectivity index (χ2v) is 6.80. The maximum atomic E-state index is 13.1. The molecule has 0 aliphatic rings. The summed E-state index contributed by atoms with van der Waals surface area (Å²) in [5.41, 5.74) is 1.41. The fourth-order valence-electron chi connectivity index (χ4n) is 2.69. The summed E-state index contributed by atoms with van der Waals surface area (Å²) in [6.07, 6.45) is 1.02. The van der Waals surface area contributed by atoms with Crippen LogP contribution >= 0.6 is 11.6 Å². The number of aromatic nitrogens is 1. The quantitative estimate of drug-likeness (QED) is 0.562. The Kier molecular flexibility index (Phi) is 6.64. The fourth-order valence-corrected chi connectivity index (χ4v) is 2.86. The Bertz CT molecular complexity index is 1060. The Morgan fingerprint density at radius 3 is 2.47 bits per heavy atom. The van der Waals surface area contributed by atoms with Gasteiger partial charge in [-0.3, -0.25) is 4.79 Å². The molecule has 0 aliphatic carbocycles. The van der Waals surface area contributed by atoms with Gasteiger partial charge in [-0.15, -0.1) is 0 Å². The van der Waals surface area contributed by atoms with Gasteiger partial charge in [0, 0.05) is 11.1 Å². The van der Waals surface area contributed by atoms with Crippen LogP contribution in [0.2, 0.25) is 5.02 Å². The molecule has 1 amide bonds. The molecule has 30 heavy (non-hydrogen) atoms. The first-order valence-electron chi connectivity index (χ1n) is 8.95. The third-order valence-electron chi connectivity index (χ3n) is 4.28. The van der Waals surface area contributed by atoms with Gasteiger partial charge in [0.05, 0.1) is 30.5 Å². The molecule has 0 aliphatic heterocycles. The van der Waals surface area contributed by atoms with Crippen molar-refractivity contribution in [3.05, 3.63) is 88.3 Å². The first kappa shape index (κ1) is 21.3. The lowest BCUT2D eigenvalue weighted by molar-refractivity contribution is 0.0600. The van der Waals surface area contributed by atoms with Gasteiger partial charge in [-0.25, -0.2) is 14.2 Å². The zero-order valence-electron chi connectivity index (χ0n) is 16.2. The van der Waals surface area contributed by atoms with Crippen LogP contribution in [0.5, 0.6) is 11.6 Å². The standard InChI is InChI=1S/C22H18ClFN2O4/c1-13(14-3-5-15(6-4-14)22(28)29-2)26-21(27)18-11-16(23)7-9-19(18)30-20-10-8-17(24)12-25-20/h3-13H,1-2H3,(H,26,27)/t13-/m0/s1. The number of rotatable bonds is 6. The molecule has 1 heterocycles. The number of benzene rings is 2. The van der Waals surface area contributed by atoms with Crippen LogP contribution < -0.4 is 10.1 Å². The summed E-state index contributed by atoms with van der Waals surface area (Å²) in [6.45, 7) is 1.80. The zero-order chi connectivity index (χ0) is 21.7. The topological polar surface area (TPSA) is 77.5 Å². The number of esters is 1. The lowest BCUT2D eigenvalue weighted by atomic mass is 10.1. The van der Waals surface area contributed by atoms with Crippen LogP contribution in [-0.2, 0) is 4.74 Å². The van der Waals surface area contributed by atoms with Crippen LogP contribution in [0.1, 0.15) is 39.2 Å². The van der Waals surface area contributed by atoms with Gasteiger partial charge in [0.2, 0.25) is 5.88 Å². The summed E-state index contributed by atoms with van der Waals surface area (Å²) in [5.74, 6) is -0.987. The van der Waals surface area contributed by atoms with Crippen LogP contribution in [0.4, 0.5) is 4.39 Å². The van der Waals surface area contributed by atoms with E-state index in [2.05, 4.69) is 15.0 Å². The van der Waals surface area contributed by atoms with Crippen molar-refractivity contribution in [1.82, 2.24) is 10.3 Å². The maximum absolute atomic E-state index is 13.1. The van der Waals surface area contributed by atoms with Crippen LogP contribution in [-0.4, -0.2) is 24.0 Å². The van der Waals surface area contributed by atoms with E-state index >= 15 is 0 Å². The highest BCUT2D eigenvalue weighted by Gasteiger charge is 2.18. The minimum absolute atomic E-state index is 0.138. The molecule has 0 saturated carbocycles. The minimum atomic E-state index is -0.497. The fraction of sp³-hybridized carbons (Fsp3) is 0.136. The second-order valence-electron chi connectivity index (χ2n) is 6.37. The van der Waals surface area contributed by atoms with Crippen molar-refractivity contribution in [2.45, 2.75) is 13.0 Å². The van der Waals surface area contributed by atoms with Gasteiger partial charge in [0.15, 0.2) is 0 Å². The number of carbonyl (C=O) groups excluding carboxylic acids is 2. The lowest BCUT2D eigenvalue weighted by Gasteiger charge is -2.16. The molecule has 6 nitrogen and oxygen atoms in total. The van der Waals surface area contributed by atoms with Gasteiger partial charge < -0.3 is 14.8 Å². The van der Waals surface area contributed by atoms with Crippen molar-refractivity contribution in [3.63, 3.8) is 0 Å². The molecular formula is C22H18ClFN2O4. The lowest BCUT2D eigenvalue weighted by Crippen LogP contribution is -2.27. The van der Waals surface area contributed by atoms with E-state index < -0.39 is 17.7 Å². The number of pyridine rings is 1. The molecule has 1 atom stereocenters. The highest BCUT2D eigenvalue weighted by atomic mass is 35.5. The third kappa shape index (κ3) is 5.12. The average molecular weight is 429 g/mol. The van der Waals surface area contributed by atoms with Gasteiger partial charge >= 0.3 is 5.97 Å². The van der Waals surface area contributed by atoms with E-state index in [1.54, 1.807) is 37.3 Å². The predicted octanol–water partition coefficient (Wildman–Crippen LogP) is 4.94. The molecule has 1 aromatic heterocycles. The van der Waals surface area contributed by atoms with E-state index in [4.69, 9.17) is 16.3 Å². The normalized spacial score (nSPS) is 11.5. The molecule has 8 heteroatoms. The van der Waals surface area contributed by atoms with Gasteiger partial charge in [-0.05, 0) is 48.9 Å². The number of hydrogen-bond donors (Lipinski definition) is 1. The molecule has 154 valence electrons. The number of ether oxygens (including phenoxy) is 2. The summed E-state index contributed by atoms with van der Waals surface area (Å²) < 4.78 is 23.4. The first-order valence-corrected chi connectivity index (χ1v) is 9.33. The number of nitrogens with one attached hydrogen (secondary N) is 1. The number of halogens is 2. The van der Waals surface area contributed by atoms with Gasteiger partial charge in [-0.2, -0.15) is 0 Å². The number of hydrogen-bond acceptors (Lipinski definition) is 5. The molecule has 3 rings (SSSR count). The zero-order valence-corrected chi connectivity index (χ0v) is 16.9. The molecule has 0 unspecified atom stereocenters. The van der Waals surface area contributed by atoms with E-state index in [-0.39, 0.29) is 23.2 Å². The summed E-state index contributed by atoms with van der Waals surface area (Å²) in [4.78, 5) is 28.2.